The van der Waals surface area contributed by atoms with Gasteiger partial charge >= 0.3 is 0 Å². The molecule has 1 aliphatic rings. The van der Waals surface area contributed by atoms with E-state index in [1.807, 2.05) is 0 Å². The van der Waals surface area contributed by atoms with E-state index in [9.17, 15) is 0 Å². The molecule has 2 heteroatoms. The molecular formula is C18H30N2. The molecule has 1 aromatic carbocycles. The fourth-order valence-corrected chi connectivity index (χ4v) is 3.00. The minimum absolute atomic E-state index is 0.657. The Labute approximate surface area is 124 Å². The first-order valence-electron chi connectivity index (χ1n) is 8.17. The van der Waals surface area contributed by atoms with Crippen molar-refractivity contribution in [2.75, 3.05) is 26.2 Å². The monoisotopic (exact) mass is 274 g/mol. The smallest absolute Gasteiger partial charge is 0.0217 e. The number of nitrogens with zero attached hydrogens (tertiary/aromatic N) is 1. The molecular weight excluding hydrogens is 244 g/mol. The van der Waals surface area contributed by atoms with Crippen molar-refractivity contribution in [2.24, 2.45) is 5.92 Å². The molecule has 0 radical (unpaired) electrons. The molecule has 1 fully saturated rings. The van der Waals surface area contributed by atoms with E-state index in [4.69, 9.17) is 0 Å². The highest BCUT2D eigenvalue weighted by Gasteiger charge is 2.20. The minimum Gasteiger partial charge on any atom is -0.312 e. The maximum Gasteiger partial charge on any atom is 0.0217 e. The summed E-state index contributed by atoms with van der Waals surface area (Å²) in [5.41, 5.74) is 1.47. The van der Waals surface area contributed by atoms with Crippen LogP contribution in [0.4, 0.5) is 0 Å². The van der Waals surface area contributed by atoms with Crippen LogP contribution in [0, 0.1) is 5.92 Å². The van der Waals surface area contributed by atoms with Gasteiger partial charge in [-0.3, -0.25) is 0 Å². The second-order valence-electron chi connectivity index (χ2n) is 6.56. The van der Waals surface area contributed by atoms with Gasteiger partial charge in [0.25, 0.3) is 0 Å². The van der Waals surface area contributed by atoms with Gasteiger partial charge in [-0.1, -0.05) is 51.1 Å². The standard InChI is InChI=1S/C18H30N2/c1-15(2)18-14-20(12-7-11-19-18)13-10-16(3)17-8-5-4-6-9-17/h4-6,8-9,15-16,18-19H,7,10-14H2,1-3H3. The van der Waals surface area contributed by atoms with Gasteiger partial charge in [-0.15, -0.1) is 0 Å². The molecule has 0 saturated carbocycles. The first kappa shape index (κ1) is 15.5. The lowest BCUT2D eigenvalue weighted by Crippen LogP contribution is -2.41. The zero-order chi connectivity index (χ0) is 14.4. The molecule has 0 aromatic heterocycles. The van der Waals surface area contributed by atoms with Crippen molar-refractivity contribution >= 4 is 0 Å². The van der Waals surface area contributed by atoms with Crippen molar-refractivity contribution < 1.29 is 0 Å². The first-order chi connectivity index (χ1) is 9.66. The second kappa shape index (κ2) is 7.80. The zero-order valence-corrected chi connectivity index (χ0v) is 13.3. The highest BCUT2D eigenvalue weighted by atomic mass is 15.2. The van der Waals surface area contributed by atoms with Crippen LogP contribution in [0.2, 0.25) is 0 Å². The van der Waals surface area contributed by atoms with Crippen LogP contribution in [-0.4, -0.2) is 37.1 Å². The summed E-state index contributed by atoms with van der Waals surface area (Å²) in [5, 5.41) is 3.69. The summed E-state index contributed by atoms with van der Waals surface area (Å²) < 4.78 is 0. The number of benzene rings is 1. The molecule has 1 N–H and O–H groups in total. The zero-order valence-electron chi connectivity index (χ0n) is 13.3. The van der Waals surface area contributed by atoms with E-state index in [1.54, 1.807) is 0 Å². The van der Waals surface area contributed by atoms with Crippen molar-refractivity contribution in [1.82, 2.24) is 10.2 Å². The van der Waals surface area contributed by atoms with Crippen LogP contribution < -0.4 is 5.32 Å². The third-order valence-corrected chi connectivity index (χ3v) is 4.56. The van der Waals surface area contributed by atoms with E-state index in [-0.39, 0.29) is 0 Å². The van der Waals surface area contributed by atoms with Crippen molar-refractivity contribution in [3.8, 4) is 0 Å². The van der Waals surface area contributed by atoms with Crippen molar-refractivity contribution in [3.63, 3.8) is 0 Å². The topological polar surface area (TPSA) is 15.3 Å². The molecule has 2 rings (SSSR count). The third kappa shape index (κ3) is 4.60. The molecule has 112 valence electrons. The van der Waals surface area contributed by atoms with Crippen LogP contribution >= 0.6 is 0 Å². The Morgan fingerprint density at radius 1 is 1.20 bits per heavy atom. The van der Waals surface area contributed by atoms with Crippen LogP contribution in [0.15, 0.2) is 30.3 Å². The molecule has 2 nitrogen and oxygen atoms in total. The summed E-state index contributed by atoms with van der Waals surface area (Å²) in [5.74, 6) is 1.38. The van der Waals surface area contributed by atoms with Gasteiger partial charge in [-0.25, -0.2) is 0 Å². The van der Waals surface area contributed by atoms with Gasteiger partial charge in [0, 0.05) is 12.6 Å². The summed E-state index contributed by atoms with van der Waals surface area (Å²) in [6.45, 7) is 11.9. The van der Waals surface area contributed by atoms with Gasteiger partial charge < -0.3 is 10.2 Å². The normalized spacial score (nSPS) is 22.7. The van der Waals surface area contributed by atoms with Crippen LogP contribution in [0.1, 0.15) is 45.1 Å². The SMILES string of the molecule is CC(CCN1CCCNC(C(C)C)C1)c1ccccc1. The summed E-state index contributed by atoms with van der Waals surface area (Å²) in [4.78, 5) is 2.66. The molecule has 0 aliphatic carbocycles. The lowest BCUT2D eigenvalue weighted by molar-refractivity contribution is 0.239. The predicted molar refractivity (Wildman–Crippen MR) is 87.2 cm³/mol. The second-order valence-corrected chi connectivity index (χ2v) is 6.56. The molecule has 0 spiro atoms. The molecule has 20 heavy (non-hydrogen) atoms. The Kier molecular flexibility index (Phi) is 6.06. The van der Waals surface area contributed by atoms with Gasteiger partial charge in [0.05, 0.1) is 0 Å². The molecule has 0 amide bonds. The third-order valence-electron chi connectivity index (χ3n) is 4.56. The van der Waals surface area contributed by atoms with E-state index in [1.165, 1.54) is 44.6 Å². The summed E-state index contributed by atoms with van der Waals surface area (Å²) in [6, 6.07) is 11.6. The average molecular weight is 274 g/mol. The Morgan fingerprint density at radius 2 is 1.95 bits per heavy atom. The lowest BCUT2D eigenvalue weighted by atomic mass is 9.97. The minimum atomic E-state index is 0.657. The molecule has 2 atom stereocenters. The highest BCUT2D eigenvalue weighted by molar-refractivity contribution is 5.18. The van der Waals surface area contributed by atoms with Crippen LogP contribution in [0.25, 0.3) is 0 Å². The van der Waals surface area contributed by atoms with Gasteiger partial charge in [0.2, 0.25) is 0 Å². The van der Waals surface area contributed by atoms with E-state index >= 15 is 0 Å². The van der Waals surface area contributed by atoms with Gasteiger partial charge in [0.1, 0.15) is 0 Å². The fraction of sp³-hybridized carbons (Fsp3) is 0.667. The van der Waals surface area contributed by atoms with Crippen LogP contribution in [0.5, 0.6) is 0 Å². The van der Waals surface area contributed by atoms with Crippen LogP contribution in [0.3, 0.4) is 0 Å². The van der Waals surface area contributed by atoms with E-state index in [0.717, 1.165) is 5.92 Å². The van der Waals surface area contributed by atoms with E-state index in [2.05, 4.69) is 61.3 Å². The Hall–Kier alpha value is -0.860. The van der Waals surface area contributed by atoms with Crippen LogP contribution in [-0.2, 0) is 0 Å². The fourth-order valence-electron chi connectivity index (χ4n) is 3.00. The molecule has 1 aliphatic heterocycles. The summed E-state index contributed by atoms with van der Waals surface area (Å²) in [6.07, 6.45) is 2.54. The van der Waals surface area contributed by atoms with Gasteiger partial charge in [-0.05, 0) is 49.9 Å². The Balaban J connectivity index is 1.83. The lowest BCUT2D eigenvalue weighted by Gasteiger charge is -2.27. The predicted octanol–water partition coefficient (Wildman–Crippen LogP) is 3.50. The van der Waals surface area contributed by atoms with Crippen molar-refractivity contribution in [3.05, 3.63) is 35.9 Å². The number of rotatable bonds is 5. The van der Waals surface area contributed by atoms with Crippen molar-refractivity contribution in [2.45, 2.75) is 45.6 Å². The number of hydrogen-bond donors (Lipinski definition) is 1. The maximum atomic E-state index is 3.69. The van der Waals surface area contributed by atoms with Crippen molar-refractivity contribution in [1.29, 1.82) is 0 Å². The van der Waals surface area contributed by atoms with E-state index in [0.29, 0.717) is 12.0 Å². The molecule has 1 aromatic rings. The Bertz CT molecular complexity index is 374. The quantitative estimate of drug-likeness (QED) is 0.884. The number of hydrogen-bond acceptors (Lipinski definition) is 2. The average Bonchev–Trinajstić information content (AvgIpc) is 2.71. The largest absolute Gasteiger partial charge is 0.312 e. The summed E-state index contributed by atoms with van der Waals surface area (Å²) >= 11 is 0. The Morgan fingerprint density at radius 3 is 2.65 bits per heavy atom. The highest BCUT2D eigenvalue weighted by Crippen LogP contribution is 2.19. The summed E-state index contributed by atoms with van der Waals surface area (Å²) in [7, 11) is 0. The van der Waals surface area contributed by atoms with Gasteiger partial charge in [-0.2, -0.15) is 0 Å². The van der Waals surface area contributed by atoms with Gasteiger partial charge in [0.15, 0.2) is 0 Å². The first-order valence-corrected chi connectivity index (χ1v) is 8.17. The molecule has 1 heterocycles. The molecule has 0 bridgehead atoms. The number of nitrogens with one attached hydrogen (secondary N) is 1. The molecule has 1 saturated heterocycles. The van der Waals surface area contributed by atoms with E-state index < -0.39 is 0 Å². The maximum absolute atomic E-state index is 3.69. The molecule has 2 unspecified atom stereocenters.